The Kier molecular flexibility index (Phi) is 2.01. The largest absolute Gasteiger partial charge is 0.452 e. The van der Waals surface area contributed by atoms with Gasteiger partial charge in [0.2, 0.25) is 5.22 Å². The highest BCUT2D eigenvalue weighted by atomic mass is 35.5. The monoisotopic (exact) mass is 200 g/mol. The molecule has 4 nitrogen and oxygen atoms in total. The smallest absolute Gasteiger partial charge is 0.256 e. The summed E-state index contributed by atoms with van der Waals surface area (Å²) in [6.45, 7) is 0. The van der Waals surface area contributed by atoms with Crippen LogP contribution in [-0.4, -0.2) is 18.0 Å². The van der Waals surface area contributed by atoms with Crippen LogP contribution in [0.1, 0.15) is 16.8 Å². The lowest BCUT2D eigenvalue weighted by molar-refractivity contribution is 0.0950. The van der Waals surface area contributed by atoms with Gasteiger partial charge in [-0.25, -0.2) is 0 Å². The predicted octanol–water partition coefficient (Wildman–Crippen LogP) is 0.762. The van der Waals surface area contributed by atoms with Crippen molar-refractivity contribution in [3.63, 3.8) is 0 Å². The maximum atomic E-state index is 11.4. The Bertz CT molecular complexity index is 337. The molecular formula is C8H9ClN2O2. The number of nitrogens with one attached hydrogen (secondary N) is 1. The summed E-state index contributed by atoms with van der Waals surface area (Å²) in [6, 6.07) is 1.72. The first-order valence-electron chi connectivity index (χ1n) is 3.98. The number of halogens is 1. The second-order valence-electron chi connectivity index (χ2n) is 3.09. The Morgan fingerprint density at radius 2 is 2.46 bits per heavy atom. The van der Waals surface area contributed by atoms with Gasteiger partial charge in [-0.3, -0.25) is 4.79 Å². The molecule has 1 aromatic heterocycles. The summed E-state index contributed by atoms with van der Waals surface area (Å²) in [4.78, 5) is 11.4. The average Bonchev–Trinajstić information content (AvgIpc) is 2.62. The van der Waals surface area contributed by atoms with Crippen LogP contribution in [0.4, 0.5) is 0 Å². The van der Waals surface area contributed by atoms with Gasteiger partial charge in [0.1, 0.15) is 0 Å². The van der Waals surface area contributed by atoms with E-state index in [1.54, 1.807) is 0 Å². The molecule has 1 heterocycles. The standard InChI is InChI=1S/C8H9ClN2O2/c9-7-4(1-2-13-7)8(12)11-6-3-5(6)10/h1-2,5-6H,3,10H2,(H,11,12). The third kappa shape index (κ3) is 1.68. The normalized spacial score (nSPS) is 25.7. The first kappa shape index (κ1) is 8.59. The molecule has 1 amide bonds. The minimum Gasteiger partial charge on any atom is -0.452 e. The number of furan rings is 1. The van der Waals surface area contributed by atoms with Gasteiger partial charge in [0.25, 0.3) is 5.91 Å². The van der Waals surface area contributed by atoms with E-state index in [2.05, 4.69) is 5.32 Å². The van der Waals surface area contributed by atoms with Gasteiger partial charge in [0.15, 0.2) is 0 Å². The van der Waals surface area contributed by atoms with Crippen LogP contribution in [0.2, 0.25) is 5.22 Å². The van der Waals surface area contributed by atoms with E-state index >= 15 is 0 Å². The van der Waals surface area contributed by atoms with E-state index < -0.39 is 0 Å². The van der Waals surface area contributed by atoms with Crippen LogP contribution >= 0.6 is 11.6 Å². The van der Waals surface area contributed by atoms with Gasteiger partial charge in [0.05, 0.1) is 11.8 Å². The minimum absolute atomic E-state index is 0.0922. The first-order valence-corrected chi connectivity index (χ1v) is 4.35. The van der Waals surface area contributed by atoms with Crippen LogP contribution in [0.3, 0.4) is 0 Å². The molecule has 0 radical (unpaired) electrons. The lowest BCUT2D eigenvalue weighted by atomic mass is 10.3. The molecule has 0 aliphatic heterocycles. The molecule has 2 atom stereocenters. The molecule has 1 saturated carbocycles. The summed E-state index contributed by atoms with van der Waals surface area (Å²) < 4.78 is 4.79. The van der Waals surface area contributed by atoms with Crippen molar-refractivity contribution in [1.29, 1.82) is 0 Å². The average molecular weight is 201 g/mol. The fourth-order valence-electron chi connectivity index (χ4n) is 1.08. The highest BCUT2D eigenvalue weighted by molar-refractivity contribution is 6.32. The maximum Gasteiger partial charge on any atom is 0.256 e. The zero-order valence-electron chi connectivity index (χ0n) is 6.79. The SMILES string of the molecule is NC1CC1NC(=O)c1ccoc1Cl. The van der Waals surface area contributed by atoms with Gasteiger partial charge in [-0.05, 0) is 24.1 Å². The third-order valence-corrected chi connectivity index (χ3v) is 2.31. The highest BCUT2D eigenvalue weighted by Crippen LogP contribution is 2.21. The number of hydrogen-bond acceptors (Lipinski definition) is 3. The molecule has 0 saturated heterocycles. The Hall–Kier alpha value is -1.00. The first-order chi connectivity index (χ1) is 6.18. The molecule has 1 aliphatic carbocycles. The topological polar surface area (TPSA) is 68.3 Å². The summed E-state index contributed by atoms with van der Waals surface area (Å²) in [5.74, 6) is -0.225. The van der Waals surface area contributed by atoms with E-state index in [1.165, 1.54) is 12.3 Å². The van der Waals surface area contributed by atoms with E-state index in [9.17, 15) is 4.79 Å². The van der Waals surface area contributed by atoms with Gasteiger partial charge in [-0.2, -0.15) is 0 Å². The number of nitrogens with two attached hydrogens (primary N) is 1. The van der Waals surface area contributed by atoms with Gasteiger partial charge in [-0.15, -0.1) is 0 Å². The number of rotatable bonds is 2. The lowest BCUT2D eigenvalue weighted by Gasteiger charge is -2.00. The van der Waals surface area contributed by atoms with Crippen molar-refractivity contribution in [1.82, 2.24) is 5.32 Å². The zero-order chi connectivity index (χ0) is 9.42. The van der Waals surface area contributed by atoms with Crippen molar-refractivity contribution in [2.24, 2.45) is 5.73 Å². The van der Waals surface area contributed by atoms with Gasteiger partial charge in [-0.1, -0.05) is 0 Å². The van der Waals surface area contributed by atoms with Crippen molar-refractivity contribution in [2.75, 3.05) is 0 Å². The van der Waals surface area contributed by atoms with E-state index in [0.29, 0.717) is 5.56 Å². The summed E-state index contributed by atoms with van der Waals surface area (Å²) >= 11 is 5.62. The number of carbonyl (C=O) groups excluding carboxylic acids is 1. The molecule has 0 aromatic carbocycles. The Balaban J connectivity index is 2.01. The number of amides is 1. The molecule has 2 unspecified atom stereocenters. The van der Waals surface area contributed by atoms with E-state index in [4.69, 9.17) is 21.8 Å². The van der Waals surface area contributed by atoms with Gasteiger partial charge in [0, 0.05) is 12.1 Å². The highest BCUT2D eigenvalue weighted by Gasteiger charge is 2.35. The third-order valence-electron chi connectivity index (χ3n) is 2.02. The quantitative estimate of drug-likeness (QED) is 0.741. The van der Waals surface area contributed by atoms with Gasteiger partial charge < -0.3 is 15.5 Å². The Morgan fingerprint density at radius 3 is 2.92 bits per heavy atom. The molecule has 0 spiro atoms. The van der Waals surface area contributed by atoms with Gasteiger partial charge >= 0.3 is 0 Å². The van der Waals surface area contributed by atoms with Crippen molar-refractivity contribution < 1.29 is 9.21 Å². The lowest BCUT2D eigenvalue weighted by Crippen LogP contribution is -2.29. The molecule has 0 bridgehead atoms. The molecular weight excluding hydrogens is 192 g/mol. The van der Waals surface area contributed by atoms with Crippen LogP contribution in [0.5, 0.6) is 0 Å². The van der Waals surface area contributed by atoms with Crippen LogP contribution < -0.4 is 11.1 Å². The number of hydrogen-bond donors (Lipinski definition) is 2. The molecule has 13 heavy (non-hydrogen) atoms. The van der Waals surface area contributed by atoms with E-state index in [1.807, 2.05) is 0 Å². The van der Waals surface area contributed by atoms with Crippen LogP contribution in [-0.2, 0) is 0 Å². The molecule has 3 N–H and O–H groups in total. The van der Waals surface area contributed by atoms with Crippen molar-refractivity contribution >= 4 is 17.5 Å². The van der Waals surface area contributed by atoms with E-state index in [0.717, 1.165) is 6.42 Å². The van der Waals surface area contributed by atoms with Crippen molar-refractivity contribution in [2.45, 2.75) is 18.5 Å². The zero-order valence-corrected chi connectivity index (χ0v) is 7.54. The molecule has 1 aliphatic rings. The maximum absolute atomic E-state index is 11.4. The van der Waals surface area contributed by atoms with Crippen LogP contribution in [0.25, 0.3) is 0 Å². The summed E-state index contributed by atoms with van der Waals surface area (Å²) in [5.41, 5.74) is 5.90. The Labute approximate surface area is 80.0 Å². The molecule has 1 fully saturated rings. The molecule has 1 aromatic rings. The minimum atomic E-state index is -0.225. The molecule has 70 valence electrons. The van der Waals surface area contributed by atoms with E-state index in [-0.39, 0.29) is 23.2 Å². The summed E-state index contributed by atoms with van der Waals surface area (Å²) in [7, 11) is 0. The van der Waals surface area contributed by atoms with Crippen molar-refractivity contribution in [3.8, 4) is 0 Å². The summed E-state index contributed by atoms with van der Waals surface area (Å²) in [6.07, 6.45) is 2.21. The second-order valence-corrected chi connectivity index (χ2v) is 3.43. The fraction of sp³-hybridized carbons (Fsp3) is 0.375. The fourth-order valence-corrected chi connectivity index (χ4v) is 1.28. The predicted molar refractivity (Wildman–Crippen MR) is 47.6 cm³/mol. The number of carbonyl (C=O) groups is 1. The van der Waals surface area contributed by atoms with Crippen LogP contribution in [0.15, 0.2) is 16.7 Å². The molecule has 2 rings (SSSR count). The second kappa shape index (κ2) is 3.05. The van der Waals surface area contributed by atoms with Crippen LogP contribution in [0, 0.1) is 0 Å². The van der Waals surface area contributed by atoms with Crippen molar-refractivity contribution in [3.05, 3.63) is 23.1 Å². The molecule has 5 heteroatoms. The summed E-state index contributed by atoms with van der Waals surface area (Å²) in [5, 5.41) is 2.86. The Morgan fingerprint density at radius 1 is 1.77 bits per heavy atom.